The Morgan fingerprint density at radius 1 is 1.61 bits per heavy atom. The number of esters is 1. The molecule has 0 aliphatic carbocycles. The van der Waals surface area contributed by atoms with Crippen LogP contribution in [-0.2, 0) is 9.47 Å². The number of morpholine rings is 1. The Labute approximate surface area is 106 Å². The summed E-state index contributed by atoms with van der Waals surface area (Å²) in [6.45, 7) is 4.01. The number of rotatable bonds is 2. The van der Waals surface area contributed by atoms with Gasteiger partial charge in [-0.3, -0.25) is 0 Å². The first-order chi connectivity index (χ1) is 8.63. The van der Waals surface area contributed by atoms with Gasteiger partial charge in [0, 0.05) is 6.54 Å². The highest BCUT2D eigenvalue weighted by Gasteiger charge is 2.23. The second-order valence-electron chi connectivity index (χ2n) is 4.22. The largest absolute Gasteiger partial charge is 0.464 e. The Bertz CT molecular complexity index is 450. The summed E-state index contributed by atoms with van der Waals surface area (Å²) < 4.78 is 10.0. The summed E-state index contributed by atoms with van der Waals surface area (Å²) in [6, 6.07) is 3.42. The molecule has 0 amide bonds. The monoisotopic (exact) mass is 251 g/mol. The molecular weight excluding hydrogens is 234 g/mol. The van der Waals surface area contributed by atoms with Crippen LogP contribution in [0.5, 0.6) is 0 Å². The van der Waals surface area contributed by atoms with E-state index in [9.17, 15) is 4.79 Å². The number of nitrogen functional groups attached to an aromatic ring is 1. The van der Waals surface area contributed by atoms with Crippen LogP contribution in [0, 0.1) is 0 Å². The highest BCUT2D eigenvalue weighted by Crippen LogP contribution is 2.24. The summed E-state index contributed by atoms with van der Waals surface area (Å²) in [5.41, 5.74) is 6.74. The lowest BCUT2D eigenvalue weighted by Gasteiger charge is -2.34. The van der Waals surface area contributed by atoms with E-state index < -0.39 is 5.97 Å². The van der Waals surface area contributed by atoms with Crippen LogP contribution in [-0.4, -0.2) is 43.9 Å². The molecule has 2 rings (SSSR count). The second kappa shape index (κ2) is 5.22. The molecule has 0 aromatic carbocycles. The van der Waals surface area contributed by atoms with Crippen LogP contribution in [0.25, 0.3) is 0 Å². The van der Waals surface area contributed by atoms with Gasteiger partial charge in [0.25, 0.3) is 0 Å². The van der Waals surface area contributed by atoms with Crippen molar-refractivity contribution in [3.8, 4) is 0 Å². The molecule has 1 aromatic heterocycles. The third-order valence-corrected chi connectivity index (χ3v) is 2.94. The number of carbonyl (C=O) groups excluding carboxylic acids is 1. The van der Waals surface area contributed by atoms with E-state index in [0.717, 1.165) is 0 Å². The van der Waals surface area contributed by atoms with Gasteiger partial charge in [0.1, 0.15) is 0 Å². The summed E-state index contributed by atoms with van der Waals surface area (Å²) in [5, 5.41) is 0. The fourth-order valence-corrected chi connectivity index (χ4v) is 1.95. The predicted molar refractivity (Wildman–Crippen MR) is 67.6 cm³/mol. The molecule has 1 saturated heterocycles. The van der Waals surface area contributed by atoms with E-state index in [4.69, 9.17) is 10.5 Å². The van der Waals surface area contributed by atoms with Crippen molar-refractivity contribution in [1.29, 1.82) is 0 Å². The lowest BCUT2D eigenvalue weighted by atomic mass is 10.2. The molecule has 1 unspecified atom stereocenters. The third-order valence-electron chi connectivity index (χ3n) is 2.94. The van der Waals surface area contributed by atoms with Crippen LogP contribution in [0.3, 0.4) is 0 Å². The van der Waals surface area contributed by atoms with Crippen LogP contribution in [0.1, 0.15) is 17.4 Å². The van der Waals surface area contributed by atoms with Gasteiger partial charge >= 0.3 is 5.97 Å². The van der Waals surface area contributed by atoms with E-state index in [-0.39, 0.29) is 11.7 Å². The highest BCUT2D eigenvalue weighted by molar-refractivity contribution is 5.88. The lowest BCUT2D eigenvalue weighted by Crippen LogP contribution is -2.44. The molecule has 0 spiro atoms. The Kier molecular flexibility index (Phi) is 3.66. The van der Waals surface area contributed by atoms with Gasteiger partial charge in [-0.2, -0.15) is 0 Å². The van der Waals surface area contributed by atoms with E-state index in [0.29, 0.717) is 31.3 Å². The molecule has 6 nitrogen and oxygen atoms in total. The zero-order valence-corrected chi connectivity index (χ0v) is 10.5. The first-order valence-corrected chi connectivity index (χ1v) is 5.82. The van der Waals surface area contributed by atoms with E-state index in [2.05, 4.69) is 9.72 Å². The minimum Gasteiger partial charge on any atom is -0.464 e. The molecule has 1 atom stereocenters. The molecular formula is C12H17N3O3. The van der Waals surface area contributed by atoms with Crippen LogP contribution < -0.4 is 10.6 Å². The van der Waals surface area contributed by atoms with Crippen molar-refractivity contribution in [2.75, 3.05) is 37.5 Å². The van der Waals surface area contributed by atoms with Gasteiger partial charge < -0.3 is 20.1 Å². The number of aromatic nitrogens is 1. The van der Waals surface area contributed by atoms with E-state index in [1.165, 1.54) is 7.11 Å². The highest BCUT2D eigenvalue weighted by atomic mass is 16.5. The number of carbonyl (C=O) groups is 1. The fourth-order valence-electron chi connectivity index (χ4n) is 1.95. The summed E-state index contributed by atoms with van der Waals surface area (Å²) in [5.74, 6) is 0.158. The number of hydrogen-bond acceptors (Lipinski definition) is 6. The molecule has 0 radical (unpaired) electrons. The van der Waals surface area contributed by atoms with Gasteiger partial charge in [0.15, 0.2) is 11.5 Å². The summed E-state index contributed by atoms with van der Waals surface area (Å²) in [6.07, 6.45) is 0. The maximum atomic E-state index is 11.5. The average Bonchev–Trinajstić information content (AvgIpc) is 2.39. The van der Waals surface area contributed by atoms with Crippen molar-refractivity contribution in [2.45, 2.75) is 13.0 Å². The van der Waals surface area contributed by atoms with Crippen molar-refractivity contribution < 1.29 is 14.3 Å². The van der Waals surface area contributed by atoms with Crippen molar-refractivity contribution in [1.82, 2.24) is 4.98 Å². The smallest absolute Gasteiger partial charge is 0.356 e. The summed E-state index contributed by atoms with van der Waals surface area (Å²) in [7, 11) is 1.33. The van der Waals surface area contributed by atoms with E-state index in [1.54, 1.807) is 12.1 Å². The molecule has 0 saturated carbocycles. The molecule has 1 aromatic rings. The van der Waals surface area contributed by atoms with Crippen LogP contribution in [0.4, 0.5) is 11.5 Å². The third kappa shape index (κ3) is 2.38. The summed E-state index contributed by atoms with van der Waals surface area (Å²) >= 11 is 0. The zero-order chi connectivity index (χ0) is 13.1. The molecule has 1 aliphatic rings. The Morgan fingerprint density at radius 2 is 2.39 bits per heavy atom. The Hall–Kier alpha value is -1.82. The number of nitrogens with two attached hydrogens (primary N) is 1. The first-order valence-electron chi connectivity index (χ1n) is 5.82. The minimum absolute atomic E-state index is 0.182. The number of pyridine rings is 1. The number of ether oxygens (including phenoxy) is 2. The van der Waals surface area contributed by atoms with Gasteiger partial charge in [0.05, 0.1) is 32.1 Å². The number of anilines is 2. The van der Waals surface area contributed by atoms with Crippen molar-refractivity contribution in [2.24, 2.45) is 0 Å². The van der Waals surface area contributed by atoms with Crippen molar-refractivity contribution in [3.05, 3.63) is 17.8 Å². The molecule has 1 fully saturated rings. The maximum absolute atomic E-state index is 11.5. The molecule has 1 aliphatic heterocycles. The molecule has 2 N–H and O–H groups in total. The second-order valence-corrected chi connectivity index (χ2v) is 4.22. The summed E-state index contributed by atoms with van der Waals surface area (Å²) in [4.78, 5) is 17.8. The van der Waals surface area contributed by atoms with Gasteiger partial charge in [-0.25, -0.2) is 9.78 Å². The maximum Gasteiger partial charge on any atom is 0.356 e. The molecule has 0 bridgehead atoms. The average molecular weight is 251 g/mol. The Morgan fingerprint density at radius 3 is 3.06 bits per heavy atom. The SMILES string of the molecule is COC(=O)c1ccc(N)c(N2CCOCC2C)n1. The standard InChI is InChI=1S/C12H17N3O3/c1-8-7-18-6-5-15(8)11-9(13)3-4-10(14-11)12(16)17-2/h3-4,8H,5-7,13H2,1-2H3. The quantitative estimate of drug-likeness (QED) is 0.779. The topological polar surface area (TPSA) is 77.7 Å². The zero-order valence-electron chi connectivity index (χ0n) is 10.5. The van der Waals surface area contributed by atoms with Crippen molar-refractivity contribution in [3.63, 3.8) is 0 Å². The fraction of sp³-hybridized carbons (Fsp3) is 0.500. The first kappa shape index (κ1) is 12.6. The van der Waals surface area contributed by atoms with E-state index >= 15 is 0 Å². The van der Waals surface area contributed by atoms with Gasteiger partial charge in [0.2, 0.25) is 0 Å². The van der Waals surface area contributed by atoms with Crippen LogP contribution in [0.2, 0.25) is 0 Å². The predicted octanol–water partition coefficient (Wildman–Crippen LogP) is 0.675. The number of nitrogens with zero attached hydrogens (tertiary/aromatic N) is 2. The van der Waals surface area contributed by atoms with E-state index in [1.807, 2.05) is 11.8 Å². The van der Waals surface area contributed by atoms with Gasteiger partial charge in [-0.05, 0) is 19.1 Å². The number of hydrogen-bond donors (Lipinski definition) is 1. The van der Waals surface area contributed by atoms with Gasteiger partial charge in [-0.15, -0.1) is 0 Å². The minimum atomic E-state index is -0.461. The van der Waals surface area contributed by atoms with Gasteiger partial charge in [-0.1, -0.05) is 0 Å². The number of methoxy groups -OCH3 is 1. The molecule has 98 valence electrons. The van der Waals surface area contributed by atoms with Crippen LogP contribution in [0.15, 0.2) is 12.1 Å². The van der Waals surface area contributed by atoms with Crippen LogP contribution >= 0.6 is 0 Å². The normalized spacial score (nSPS) is 19.7. The van der Waals surface area contributed by atoms with Crippen molar-refractivity contribution >= 4 is 17.5 Å². The Balaban J connectivity index is 2.33. The molecule has 2 heterocycles. The molecule has 6 heteroatoms. The molecule has 18 heavy (non-hydrogen) atoms. The lowest BCUT2D eigenvalue weighted by molar-refractivity contribution is 0.0594.